The van der Waals surface area contributed by atoms with Crippen molar-refractivity contribution in [3.05, 3.63) is 64.5 Å². The fourth-order valence-electron chi connectivity index (χ4n) is 3.49. The van der Waals surface area contributed by atoms with Crippen LogP contribution >= 0.6 is 0 Å². The highest BCUT2D eigenvalue weighted by molar-refractivity contribution is 5.38. The van der Waals surface area contributed by atoms with Crippen molar-refractivity contribution in [2.45, 2.75) is 25.3 Å². The van der Waals surface area contributed by atoms with Crippen LogP contribution in [0.5, 0.6) is 0 Å². The number of hydrogen-bond acceptors (Lipinski definition) is 4. The van der Waals surface area contributed by atoms with Crippen molar-refractivity contribution in [3.63, 3.8) is 0 Å². The lowest BCUT2D eigenvalue weighted by molar-refractivity contribution is 0.202. The van der Waals surface area contributed by atoms with Crippen LogP contribution in [0, 0.1) is 0 Å². The standard InChI is InChI=1S/C18H21N5O/c1-21-12-15(11-19-21)14-5-8-22(9-6-14)13-16-10-18(24)23-7-3-2-4-17(23)20-16/h2-4,7,10-12,14H,5-6,8-9,13H2,1H3. The van der Waals surface area contributed by atoms with Crippen LogP contribution in [0.15, 0.2) is 47.7 Å². The third-order valence-electron chi connectivity index (χ3n) is 4.79. The zero-order valence-electron chi connectivity index (χ0n) is 13.8. The number of rotatable bonds is 3. The number of aromatic nitrogens is 4. The van der Waals surface area contributed by atoms with Crippen LogP contribution in [-0.4, -0.2) is 37.2 Å². The molecule has 0 saturated carbocycles. The lowest BCUT2D eigenvalue weighted by Gasteiger charge is -2.31. The molecule has 1 aliphatic heterocycles. The van der Waals surface area contributed by atoms with Gasteiger partial charge in [0, 0.05) is 32.1 Å². The summed E-state index contributed by atoms with van der Waals surface area (Å²) in [7, 11) is 1.96. The van der Waals surface area contributed by atoms with E-state index in [9.17, 15) is 4.79 Å². The molecule has 0 radical (unpaired) electrons. The molecule has 0 amide bonds. The molecule has 0 atom stereocenters. The molecular formula is C18H21N5O. The fraction of sp³-hybridized carbons (Fsp3) is 0.389. The Kier molecular flexibility index (Phi) is 3.90. The minimum atomic E-state index is -0.0131. The Morgan fingerprint density at radius 3 is 2.83 bits per heavy atom. The van der Waals surface area contributed by atoms with Crippen molar-refractivity contribution < 1.29 is 0 Å². The van der Waals surface area contributed by atoms with Gasteiger partial charge in [0.05, 0.1) is 11.9 Å². The molecule has 3 aromatic heterocycles. The number of piperidine rings is 1. The highest BCUT2D eigenvalue weighted by Crippen LogP contribution is 2.27. The summed E-state index contributed by atoms with van der Waals surface area (Å²) in [4.78, 5) is 19.2. The van der Waals surface area contributed by atoms with E-state index in [1.807, 2.05) is 36.1 Å². The average Bonchev–Trinajstić information content (AvgIpc) is 3.02. The Balaban J connectivity index is 1.44. The average molecular weight is 323 g/mol. The summed E-state index contributed by atoms with van der Waals surface area (Å²) in [6, 6.07) is 7.28. The highest BCUT2D eigenvalue weighted by Gasteiger charge is 2.22. The summed E-state index contributed by atoms with van der Waals surface area (Å²) in [5, 5.41) is 4.27. The van der Waals surface area contributed by atoms with Gasteiger partial charge in [-0.1, -0.05) is 6.07 Å². The van der Waals surface area contributed by atoms with Crippen molar-refractivity contribution in [2.75, 3.05) is 13.1 Å². The molecule has 1 aliphatic rings. The number of likely N-dealkylation sites (tertiary alicyclic amines) is 1. The number of pyridine rings is 1. The quantitative estimate of drug-likeness (QED) is 0.738. The van der Waals surface area contributed by atoms with E-state index in [2.05, 4.69) is 21.2 Å². The van der Waals surface area contributed by atoms with Gasteiger partial charge < -0.3 is 0 Å². The first-order chi connectivity index (χ1) is 11.7. The molecule has 0 N–H and O–H groups in total. The number of nitrogens with zero attached hydrogens (tertiary/aromatic N) is 5. The number of hydrogen-bond donors (Lipinski definition) is 0. The van der Waals surface area contributed by atoms with Gasteiger partial charge in [0.15, 0.2) is 0 Å². The molecule has 4 heterocycles. The van der Waals surface area contributed by atoms with E-state index in [1.54, 1.807) is 16.7 Å². The van der Waals surface area contributed by atoms with Crippen LogP contribution < -0.4 is 5.56 Å². The predicted molar refractivity (Wildman–Crippen MR) is 91.9 cm³/mol. The summed E-state index contributed by atoms with van der Waals surface area (Å²) in [6.45, 7) is 2.78. The summed E-state index contributed by atoms with van der Waals surface area (Å²) in [5.74, 6) is 0.588. The smallest absolute Gasteiger partial charge is 0.258 e. The molecule has 24 heavy (non-hydrogen) atoms. The molecule has 0 aromatic carbocycles. The third kappa shape index (κ3) is 2.97. The summed E-state index contributed by atoms with van der Waals surface area (Å²) < 4.78 is 3.45. The van der Waals surface area contributed by atoms with E-state index in [-0.39, 0.29) is 5.56 Å². The molecule has 1 saturated heterocycles. The Bertz CT molecular complexity index is 905. The first-order valence-corrected chi connectivity index (χ1v) is 8.37. The van der Waals surface area contributed by atoms with Crippen LogP contribution in [-0.2, 0) is 13.6 Å². The lowest BCUT2D eigenvalue weighted by Crippen LogP contribution is -2.33. The SMILES string of the molecule is Cn1cc(C2CCN(Cc3cc(=O)n4ccccc4n3)CC2)cn1. The molecule has 124 valence electrons. The second-order valence-corrected chi connectivity index (χ2v) is 6.51. The number of aryl methyl sites for hydroxylation is 1. The molecule has 0 aliphatic carbocycles. The summed E-state index contributed by atoms with van der Waals surface area (Å²) in [6.07, 6.45) is 8.10. The maximum atomic E-state index is 12.2. The second-order valence-electron chi connectivity index (χ2n) is 6.51. The maximum Gasteiger partial charge on any atom is 0.258 e. The molecule has 6 heteroatoms. The zero-order chi connectivity index (χ0) is 16.5. The van der Waals surface area contributed by atoms with Gasteiger partial charge in [0.1, 0.15) is 5.65 Å². The van der Waals surface area contributed by atoms with Crippen molar-refractivity contribution in [1.82, 2.24) is 24.1 Å². The largest absolute Gasteiger partial charge is 0.297 e. The van der Waals surface area contributed by atoms with Gasteiger partial charge in [-0.2, -0.15) is 5.10 Å². The fourth-order valence-corrected chi connectivity index (χ4v) is 3.49. The molecule has 0 unspecified atom stereocenters. The Morgan fingerprint density at radius 2 is 2.08 bits per heavy atom. The van der Waals surface area contributed by atoms with Gasteiger partial charge in [0.2, 0.25) is 0 Å². The monoisotopic (exact) mass is 323 g/mol. The van der Waals surface area contributed by atoms with Crippen molar-refractivity contribution in [1.29, 1.82) is 0 Å². The van der Waals surface area contributed by atoms with Gasteiger partial charge in [0.25, 0.3) is 5.56 Å². The van der Waals surface area contributed by atoms with Crippen molar-refractivity contribution >= 4 is 5.65 Å². The molecule has 6 nitrogen and oxygen atoms in total. The molecule has 4 rings (SSSR count). The summed E-state index contributed by atoms with van der Waals surface area (Å²) in [5.41, 5.74) is 2.89. The lowest BCUT2D eigenvalue weighted by atomic mass is 9.91. The van der Waals surface area contributed by atoms with E-state index in [1.165, 1.54) is 5.56 Å². The van der Waals surface area contributed by atoms with Crippen LogP contribution in [0.3, 0.4) is 0 Å². The van der Waals surface area contributed by atoms with E-state index < -0.39 is 0 Å². The van der Waals surface area contributed by atoms with Crippen LogP contribution in [0.25, 0.3) is 5.65 Å². The summed E-state index contributed by atoms with van der Waals surface area (Å²) >= 11 is 0. The van der Waals surface area contributed by atoms with Gasteiger partial charge in [-0.05, 0) is 49.5 Å². The van der Waals surface area contributed by atoms with Crippen LogP contribution in [0.2, 0.25) is 0 Å². The molecule has 0 bridgehead atoms. The normalized spacial score (nSPS) is 16.7. The van der Waals surface area contributed by atoms with Gasteiger partial charge in [-0.3, -0.25) is 18.8 Å². The van der Waals surface area contributed by atoms with Gasteiger partial charge in [-0.15, -0.1) is 0 Å². The van der Waals surface area contributed by atoms with E-state index in [0.717, 1.165) is 38.2 Å². The zero-order valence-corrected chi connectivity index (χ0v) is 13.8. The van der Waals surface area contributed by atoms with E-state index in [0.29, 0.717) is 11.6 Å². The van der Waals surface area contributed by atoms with Gasteiger partial charge >= 0.3 is 0 Å². The Morgan fingerprint density at radius 1 is 1.25 bits per heavy atom. The minimum Gasteiger partial charge on any atom is -0.297 e. The Hall–Kier alpha value is -2.47. The molecular weight excluding hydrogens is 302 g/mol. The van der Waals surface area contributed by atoms with Gasteiger partial charge in [-0.25, -0.2) is 4.98 Å². The minimum absolute atomic E-state index is 0.0131. The Labute approximate surface area is 140 Å². The van der Waals surface area contributed by atoms with Crippen molar-refractivity contribution in [2.24, 2.45) is 7.05 Å². The molecule has 0 spiro atoms. The van der Waals surface area contributed by atoms with E-state index in [4.69, 9.17) is 0 Å². The second kappa shape index (κ2) is 6.20. The van der Waals surface area contributed by atoms with E-state index >= 15 is 0 Å². The third-order valence-corrected chi connectivity index (χ3v) is 4.79. The highest BCUT2D eigenvalue weighted by atomic mass is 16.1. The first kappa shape index (κ1) is 15.1. The van der Waals surface area contributed by atoms with Crippen molar-refractivity contribution in [3.8, 4) is 0 Å². The number of fused-ring (bicyclic) bond motifs is 1. The first-order valence-electron chi connectivity index (χ1n) is 8.37. The predicted octanol–water partition coefficient (Wildman–Crippen LogP) is 1.81. The van der Waals surface area contributed by atoms with Crippen LogP contribution in [0.1, 0.15) is 30.0 Å². The maximum absolute atomic E-state index is 12.2. The molecule has 3 aromatic rings. The molecule has 1 fully saturated rings. The topological polar surface area (TPSA) is 55.4 Å². The van der Waals surface area contributed by atoms with Crippen LogP contribution in [0.4, 0.5) is 0 Å².